The number of methoxy groups -OCH3 is 2. The molecule has 1 aromatic rings. The third-order valence-corrected chi connectivity index (χ3v) is 10.6. The minimum absolute atomic E-state index is 0.0407. The van der Waals surface area contributed by atoms with Crippen molar-refractivity contribution in [3.63, 3.8) is 0 Å². The number of fused-ring (bicyclic) bond motifs is 1. The van der Waals surface area contributed by atoms with Gasteiger partial charge >= 0.3 is 18.0 Å². The maximum absolute atomic E-state index is 13.6. The Hall–Kier alpha value is -2.91. The number of Topliss-reactive ketones (excluding diaryl/α,β-unsaturated/α-hetero) is 1. The number of ether oxygens (including phenoxy) is 2. The lowest BCUT2D eigenvalue weighted by atomic mass is 9.80. The van der Waals surface area contributed by atoms with Crippen LogP contribution in [0.5, 0.6) is 0 Å². The Balaban J connectivity index is 1.39. The first-order chi connectivity index (χ1) is 19.0. The Morgan fingerprint density at radius 2 is 1.85 bits per heavy atom. The van der Waals surface area contributed by atoms with Crippen LogP contribution >= 0.6 is 34.7 Å². The molecule has 3 amide bonds. The van der Waals surface area contributed by atoms with Crippen molar-refractivity contribution in [2.24, 2.45) is 11.1 Å². The van der Waals surface area contributed by atoms with Crippen molar-refractivity contribution in [2.75, 3.05) is 40.9 Å². The molecule has 0 aromatic carbocycles. The summed E-state index contributed by atoms with van der Waals surface area (Å²) in [6, 6.07) is -0.337. The minimum Gasteiger partial charge on any atom is -0.467 e. The van der Waals surface area contributed by atoms with Gasteiger partial charge in [0.05, 0.1) is 37.1 Å². The lowest BCUT2D eigenvalue weighted by molar-refractivity contribution is -0.182. The van der Waals surface area contributed by atoms with E-state index >= 15 is 0 Å². The molecule has 4 fully saturated rings. The summed E-state index contributed by atoms with van der Waals surface area (Å²) in [7, 11) is 4.12. The number of thioether (sulfide) groups is 1. The van der Waals surface area contributed by atoms with Crippen LogP contribution in [-0.4, -0.2) is 112 Å². The fourth-order valence-corrected chi connectivity index (χ4v) is 8.17. The van der Waals surface area contributed by atoms with Gasteiger partial charge in [0, 0.05) is 39.4 Å². The van der Waals surface area contributed by atoms with Gasteiger partial charge in [-0.1, -0.05) is 28.5 Å². The molecule has 0 bridgehead atoms. The highest BCUT2D eigenvalue weighted by Gasteiger charge is 2.66. The summed E-state index contributed by atoms with van der Waals surface area (Å²) in [4.78, 5) is 77.9. The van der Waals surface area contributed by atoms with Gasteiger partial charge in [0.15, 0.2) is 11.5 Å². The van der Waals surface area contributed by atoms with E-state index in [0.29, 0.717) is 30.9 Å². The van der Waals surface area contributed by atoms with Gasteiger partial charge in [0.25, 0.3) is 0 Å². The second-order valence-electron chi connectivity index (χ2n) is 10.1. The number of thiazole rings is 1. The summed E-state index contributed by atoms with van der Waals surface area (Å²) in [6.45, 7) is 2.41. The predicted molar refractivity (Wildman–Crippen MR) is 144 cm³/mol. The van der Waals surface area contributed by atoms with Crippen LogP contribution in [0.15, 0.2) is 5.16 Å². The largest absolute Gasteiger partial charge is 0.467 e. The van der Waals surface area contributed by atoms with Gasteiger partial charge in [-0.25, -0.2) is 19.4 Å². The lowest BCUT2D eigenvalue weighted by Crippen LogP contribution is -2.59. The fourth-order valence-electron chi connectivity index (χ4n) is 5.30. The molecule has 1 aliphatic carbocycles. The number of carbonyl (C=O) groups excluding carboxylic acids is 5. The van der Waals surface area contributed by atoms with Crippen LogP contribution in [-0.2, 0) is 33.5 Å². The first kappa shape index (κ1) is 28.6. The van der Waals surface area contributed by atoms with Gasteiger partial charge in [-0.3, -0.25) is 14.5 Å². The van der Waals surface area contributed by atoms with Crippen molar-refractivity contribution < 1.29 is 38.3 Å². The Kier molecular flexibility index (Phi) is 7.50. The van der Waals surface area contributed by atoms with Gasteiger partial charge in [-0.05, 0) is 13.3 Å². The zero-order valence-corrected chi connectivity index (χ0v) is 24.7. The van der Waals surface area contributed by atoms with E-state index in [1.54, 1.807) is 14.0 Å². The maximum Gasteiger partial charge on any atom is 0.353 e. The fraction of sp³-hybridized carbons (Fsp3) is 0.625. The van der Waals surface area contributed by atoms with E-state index in [9.17, 15) is 24.0 Å². The molecule has 13 nitrogen and oxygen atoms in total. The summed E-state index contributed by atoms with van der Waals surface area (Å²) >= 11 is 8.65. The molecule has 0 spiro atoms. The van der Waals surface area contributed by atoms with Crippen LogP contribution in [0, 0.1) is 12.8 Å². The number of amides is 3. The summed E-state index contributed by atoms with van der Waals surface area (Å²) < 4.78 is 10.1. The molecule has 1 aromatic heterocycles. The summed E-state index contributed by atoms with van der Waals surface area (Å²) in [6.07, 6.45) is 1.22. The van der Waals surface area contributed by atoms with Crippen molar-refractivity contribution in [2.45, 2.75) is 48.5 Å². The first-order valence-electron chi connectivity index (χ1n) is 12.6. The molecule has 5 rings (SSSR count). The number of halogens is 1. The van der Waals surface area contributed by atoms with E-state index in [4.69, 9.17) is 25.9 Å². The molecule has 1 saturated carbocycles. The van der Waals surface area contributed by atoms with Crippen molar-refractivity contribution >= 4 is 70.1 Å². The lowest BCUT2D eigenvalue weighted by Gasteiger charge is -2.41. The second kappa shape index (κ2) is 10.5. The highest BCUT2D eigenvalue weighted by molar-refractivity contribution is 8.02. The predicted octanol–water partition coefficient (Wildman–Crippen LogP) is 1.65. The van der Waals surface area contributed by atoms with Crippen molar-refractivity contribution in [1.29, 1.82) is 0 Å². The number of rotatable bonds is 9. The number of likely N-dealkylation sites (N-methyl/N-ethyl adjacent to an activating group) is 1. The smallest absolute Gasteiger partial charge is 0.353 e. The van der Waals surface area contributed by atoms with Crippen molar-refractivity contribution in [1.82, 2.24) is 19.7 Å². The summed E-state index contributed by atoms with van der Waals surface area (Å²) in [5.74, 6) is -2.91. The number of aromatic nitrogens is 1. The van der Waals surface area contributed by atoms with E-state index in [-0.39, 0.29) is 40.6 Å². The Morgan fingerprint density at radius 3 is 2.38 bits per heavy atom. The van der Waals surface area contributed by atoms with E-state index in [0.717, 1.165) is 29.5 Å². The molecule has 216 valence electrons. The molecule has 16 heteroatoms. The van der Waals surface area contributed by atoms with Gasteiger partial charge in [0.1, 0.15) is 10.0 Å². The number of esters is 2. The molecule has 0 radical (unpaired) electrons. The quantitative estimate of drug-likeness (QED) is 0.174. The van der Waals surface area contributed by atoms with E-state index in [1.165, 1.54) is 28.9 Å². The van der Waals surface area contributed by atoms with Crippen LogP contribution in [0.2, 0.25) is 4.34 Å². The third-order valence-electron chi connectivity index (χ3n) is 7.73. The minimum atomic E-state index is -1.42. The average Bonchev–Trinajstić information content (AvgIpc) is 3.56. The van der Waals surface area contributed by atoms with Crippen LogP contribution in [0.3, 0.4) is 0 Å². The van der Waals surface area contributed by atoms with Crippen LogP contribution in [0.4, 0.5) is 4.79 Å². The molecule has 40 heavy (non-hydrogen) atoms. The molecule has 3 aliphatic heterocycles. The molecule has 3 saturated heterocycles. The van der Waals surface area contributed by atoms with Gasteiger partial charge in [-0.15, -0.1) is 11.3 Å². The van der Waals surface area contributed by atoms with Gasteiger partial charge in [0.2, 0.25) is 16.4 Å². The summed E-state index contributed by atoms with van der Waals surface area (Å²) in [5.41, 5.74) is -1.39. The Bertz CT molecular complexity index is 1320. The average molecular weight is 614 g/mol. The molecule has 3 atom stereocenters. The first-order valence-corrected chi connectivity index (χ1v) is 14.7. The van der Waals surface area contributed by atoms with E-state index in [1.807, 2.05) is 0 Å². The molecule has 4 aliphatic rings. The van der Waals surface area contributed by atoms with E-state index in [2.05, 4.69) is 10.1 Å². The molecule has 4 heterocycles. The van der Waals surface area contributed by atoms with Crippen molar-refractivity contribution in [3.8, 4) is 0 Å². The van der Waals surface area contributed by atoms with Crippen LogP contribution in [0.25, 0.3) is 0 Å². The Morgan fingerprint density at radius 1 is 1.15 bits per heavy atom. The molecule has 0 N–H and O–H groups in total. The molecular formula is C24H28ClN5O8S2. The number of ketones is 1. The zero-order valence-electron chi connectivity index (χ0n) is 22.3. The van der Waals surface area contributed by atoms with Crippen LogP contribution in [0.1, 0.15) is 36.4 Å². The number of hydrogen-bond donors (Lipinski definition) is 0. The third kappa shape index (κ3) is 4.42. The normalized spacial score (nSPS) is 27.2. The number of aryl methyl sites for hydroxylation is 1. The highest BCUT2D eigenvalue weighted by atomic mass is 35.5. The number of oxime groups is 1. The SMILES string of the molecule is COC(=O)C1(O/N=C(\C(=O)C[C@@H]2C(=O)N3C[C@@](C(=O)OC)(N4CCN(C)C4=O)S[C@H]23)c2nc(C)sc2Cl)CCC1. The standard InChI is InChI=1S/C24H28ClN5O8S2/c1-12-26-16(17(25)39-12)15(27-38-23(6-5-7-23)20(33)36-3)14(31)10-13-18(32)29-11-24(21(34)37-4,40-19(13)29)30-9-8-28(2)22(30)35/h13,19H,5-11H2,1-4H3/b27-15+/t13-,19-,24-/m1/s1. The highest BCUT2D eigenvalue weighted by Crippen LogP contribution is 2.53. The monoisotopic (exact) mass is 613 g/mol. The Labute approximate surface area is 243 Å². The zero-order chi connectivity index (χ0) is 29.0. The number of nitrogens with zero attached hydrogens (tertiary/aromatic N) is 5. The van der Waals surface area contributed by atoms with Crippen LogP contribution < -0.4 is 0 Å². The topological polar surface area (TPSA) is 148 Å². The van der Waals surface area contributed by atoms with Gasteiger partial charge < -0.3 is 24.1 Å². The second-order valence-corrected chi connectivity index (χ2v) is 13.3. The molecular weight excluding hydrogens is 586 g/mol. The molecule has 0 unspecified atom stereocenters. The van der Waals surface area contributed by atoms with Gasteiger partial charge in [-0.2, -0.15) is 0 Å². The number of urea groups is 1. The number of carbonyl (C=O) groups is 5. The van der Waals surface area contributed by atoms with E-state index < -0.39 is 39.5 Å². The van der Waals surface area contributed by atoms with Crippen molar-refractivity contribution in [3.05, 3.63) is 15.0 Å². The number of hydrogen-bond acceptors (Lipinski definition) is 12. The number of β-lactam (4-membered cyclic amide) rings is 1. The summed E-state index contributed by atoms with van der Waals surface area (Å²) in [5, 5.41) is 4.11. The maximum atomic E-state index is 13.6.